The van der Waals surface area contributed by atoms with Gasteiger partial charge in [-0.25, -0.2) is 4.79 Å². The second-order valence-electron chi connectivity index (χ2n) is 2.64. The van der Waals surface area contributed by atoms with Crippen molar-refractivity contribution in [3.05, 3.63) is 25.3 Å². The topological polar surface area (TPSA) is 46.6 Å². The van der Waals surface area contributed by atoms with E-state index in [0.29, 0.717) is 6.54 Å². The predicted molar refractivity (Wildman–Crippen MR) is 47.2 cm³/mol. The molecule has 0 unspecified atom stereocenters. The standard InChI is InChI=1S/C9H11NO3/c1-3-5-10-7(8(11)4-2)6-13-9(10)12/h3-4,7H,1-2,5-6H2/t7-/m1/s1. The first-order valence-corrected chi connectivity index (χ1v) is 3.91. The van der Waals surface area contributed by atoms with Gasteiger partial charge in [0.25, 0.3) is 0 Å². The second-order valence-corrected chi connectivity index (χ2v) is 2.64. The van der Waals surface area contributed by atoms with Crippen LogP contribution in [-0.4, -0.2) is 36.0 Å². The molecule has 1 atom stereocenters. The number of ether oxygens (including phenoxy) is 1. The van der Waals surface area contributed by atoms with Gasteiger partial charge in [-0.3, -0.25) is 9.69 Å². The van der Waals surface area contributed by atoms with E-state index in [-0.39, 0.29) is 12.4 Å². The van der Waals surface area contributed by atoms with E-state index >= 15 is 0 Å². The molecule has 0 saturated carbocycles. The van der Waals surface area contributed by atoms with Gasteiger partial charge in [-0.05, 0) is 6.08 Å². The van der Waals surface area contributed by atoms with Crippen LogP contribution in [0.2, 0.25) is 0 Å². The van der Waals surface area contributed by atoms with Crippen molar-refractivity contribution >= 4 is 11.9 Å². The summed E-state index contributed by atoms with van der Waals surface area (Å²) in [4.78, 5) is 23.6. The van der Waals surface area contributed by atoms with Crippen molar-refractivity contribution in [1.82, 2.24) is 4.90 Å². The van der Waals surface area contributed by atoms with E-state index in [1.807, 2.05) is 0 Å². The summed E-state index contributed by atoms with van der Waals surface area (Å²) in [6, 6.07) is -0.525. The number of hydrogen-bond donors (Lipinski definition) is 0. The Balaban J connectivity index is 2.74. The van der Waals surface area contributed by atoms with Gasteiger partial charge in [0.15, 0.2) is 5.78 Å². The van der Waals surface area contributed by atoms with Gasteiger partial charge in [-0.2, -0.15) is 0 Å². The van der Waals surface area contributed by atoms with Gasteiger partial charge in [0.2, 0.25) is 0 Å². The number of rotatable bonds is 4. The molecule has 0 aromatic rings. The van der Waals surface area contributed by atoms with E-state index < -0.39 is 12.1 Å². The minimum absolute atomic E-state index is 0.109. The molecular formula is C9H11NO3. The van der Waals surface area contributed by atoms with Crippen LogP contribution in [0.4, 0.5) is 4.79 Å². The van der Waals surface area contributed by atoms with Crippen LogP contribution in [0, 0.1) is 0 Å². The van der Waals surface area contributed by atoms with Gasteiger partial charge < -0.3 is 4.74 Å². The van der Waals surface area contributed by atoms with Crippen molar-refractivity contribution < 1.29 is 14.3 Å². The number of nitrogens with zero attached hydrogens (tertiary/aromatic N) is 1. The van der Waals surface area contributed by atoms with Crippen LogP contribution < -0.4 is 0 Å². The SMILES string of the molecule is C=CCN1C(=O)OC[C@@H]1C(=O)C=C. The number of carbonyl (C=O) groups excluding carboxylic acids is 2. The molecule has 70 valence electrons. The third-order valence-electron chi connectivity index (χ3n) is 1.83. The third-order valence-corrected chi connectivity index (χ3v) is 1.83. The smallest absolute Gasteiger partial charge is 0.410 e. The Morgan fingerprint density at radius 2 is 2.38 bits per heavy atom. The molecule has 1 aliphatic rings. The Bertz CT molecular complexity index is 260. The predicted octanol–water partition coefficient (Wildman–Crippen LogP) is 0.748. The average molecular weight is 181 g/mol. The van der Waals surface area contributed by atoms with E-state index in [0.717, 1.165) is 0 Å². The number of carbonyl (C=O) groups is 2. The average Bonchev–Trinajstić information content (AvgIpc) is 2.48. The minimum atomic E-state index is -0.525. The Labute approximate surface area is 76.5 Å². The molecule has 1 aliphatic heterocycles. The van der Waals surface area contributed by atoms with Crippen LogP contribution in [0.3, 0.4) is 0 Å². The second kappa shape index (κ2) is 3.89. The van der Waals surface area contributed by atoms with Crippen molar-refractivity contribution in [3.63, 3.8) is 0 Å². The molecule has 0 spiro atoms. The number of hydrogen-bond acceptors (Lipinski definition) is 3. The minimum Gasteiger partial charge on any atom is -0.447 e. The van der Waals surface area contributed by atoms with Gasteiger partial charge in [0, 0.05) is 6.54 Å². The quantitative estimate of drug-likeness (QED) is 0.475. The largest absolute Gasteiger partial charge is 0.447 e. The van der Waals surface area contributed by atoms with Crippen LogP contribution in [0.15, 0.2) is 25.3 Å². The lowest BCUT2D eigenvalue weighted by molar-refractivity contribution is -0.117. The van der Waals surface area contributed by atoms with Gasteiger partial charge >= 0.3 is 6.09 Å². The van der Waals surface area contributed by atoms with Crippen LogP contribution >= 0.6 is 0 Å². The van der Waals surface area contributed by atoms with Crippen LogP contribution in [-0.2, 0) is 9.53 Å². The van der Waals surface area contributed by atoms with Gasteiger partial charge in [0.1, 0.15) is 12.6 Å². The summed E-state index contributed by atoms with van der Waals surface area (Å²) in [5.74, 6) is -0.201. The Morgan fingerprint density at radius 1 is 1.69 bits per heavy atom. The number of amides is 1. The molecule has 0 radical (unpaired) electrons. The maximum Gasteiger partial charge on any atom is 0.410 e. The first kappa shape index (κ1) is 9.51. The van der Waals surface area contributed by atoms with Crippen LogP contribution in [0.5, 0.6) is 0 Å². The lowest BCUT2D eigenvalue weighted by Gasteiger charge is -2.16. The van der Waals surface area contributed by atoms with Crippen molar-refractivity contribution in [2.75, 3.05) is 13.2 Å². The zero-order valence-electron chi connectivity index (χ0n) is 7.23. The summed E-state index contributed by atoms with van der Waals surface area (Å²) >= 11 is 0. The first-order valence-electron chi connectivity index (χ1n) is 3.91. The zero-order valence-corrected chi connectivity index (χ0v) is 7.23. The first-order chi connectivity index (χ1) is 6.20. The Hall–Kier alpha value is -1.58. The lowest BCUT2D eigenvalue weighted by atomic mass is 10.2. The van der Waals surface area contributed by atoms with Crippen molar-refractivity contribution in [1.29, 1.82) is 0 Å². The number of ketones is 1. The fourth-order valence-electron chi connectivity index (χ4n) is 1.16. The molecule has 0 N–H and O–H groups in total. The summed E-state index contributed by atoms with van der Waals surface area (Å²) in [6.45, 7) is 7.28. The van der Waals surface area contributed by atoms with E-state index in [2.05, 4.69) is 13.2 Å². The van der Waals surface area contributed by atoms with Gasteiger partial charge in [0.05, 0.1) is 0 Å². The van der Waals surface area contributed by atoms with E-state index in [1.54, 1.807) is 6.08 Å². The maximum absolute atomic E-state index is 11.2. The molecule has 0 aromatic heterocycles. The zero-order chi connectivity index (χ0) is 9.84. The van der Waals surface area contributed by atoms with Crippen molar-refractivity contribution in [2.45, 2.75) is 6.04 Å². The molecule has 1 fully saturated rings. The molecule has 1 saturated heterocycles. The van der Waals surface area contributed by atoms with Gasteiger partial charge in [-0.15, -0.1) is 6.58 Å². The number of cyclic esters (lactones) is 1. The molecule has 1 amide bonds. The fourth-order valence-corrected chi connectivity index (χ4v) is 1.16. The highest BCUT2D eigenvalue weighted by atomic mass is 16.6. The normalized spacial score (nSPS) is 21.1. The van der Waals surface area contributed by atoms with Crippen molar-refractivity contribution in [3.8, 4) is 0 Å². The van der Waals surface area contributed by atoms with Crippen LogP contribution in [0.25, 0.3) is 0 Å². The molecular weight excluding hydrogens is 170 g/mol. The summed E-state index contributed by atoms with van der Waals surface area (Å²) in [5.41, 5.74) is 0. The van der Waals surface area contributed by atoms with Crippen molar-refractivity contribution in [2.24, 2.45) is 0 Å². The summed E-state index contributed by atoms with van der Waals surface area (Å²) in [5, 5.41) is 0. The molecule has 0 bridgehead atoms. The lowest BCUT2D eigenvalue weighted by Crippen LogP contribution is -2.38. The molecule has 13 heavy (non-hydrogen) atoms. The summed E-state index contributed by atoms with van der Waals surface area (Å²) < 4.78 is 4.72. The third kappa shape index (κ3) is 1.77. The van der Waals surface area contributed by atoms with E-state index in [1.165, 1.54) is 11.0 Å². The molecule has 1 heterocycles. The molecule has 0 aromatic carbocycles. The monoisotopic (exact) mass is 181 g/mol. The summed E-state index contributed by atoms with van der Waals surface area (Å²) in [6.07, 6.45) is 2.28. The highest BCUT2D eigenvalue weighted by Crippen LogP contribution is 2.13. The van der Waals surface area contributed by atoms with E-state index in [9.17, 15) is 9.59 Å². The van der Waals surface area contributed by atoms with Gasteiger partial charge in [-0.1, -0.05) is 12.7 Å². The molecule has 1 rings (SSSR count). The summed E-state index contributed by atoms with van der Waals surface area (Å²) in [7, 11) is 0. The fraction of sp³-hybridized carbons (Fsp3) is 0.333. The Kier molecular flexibility index (Phi) is 2.84. The highest BCUT2D eigenvalue weighted by Gasteiger charge is 2.35. The maximum atomic E-state index is 11.2. The molecule has 4 nitrogen and oxygen atoms in total. The molecule has 4 heteroatoms. The highest BCUT2D eigenvalue weighted by molar-refractivity contribution is 5.97. The van der Waals surface area contributed by atoms with Crippen LogP contribution in [0.1, 0.15) is 0 Å². The molecule has 0 aliphatic carbocycles. The Morgan fingerprint density at radius 3 is 2.92 bits per heavy atom. The van der Waals surface area contributed by atoms with E-state index in [4.69, 9.17) is 4.74 Å².